The molecule has 2 aliphatic rings. The van der Waals surface area contributed by atoms with Gasteiger partial charge in [-0.1, -0.05) is 18.2 Å². The van der Waals surface area contributed by atoms with Crippen molar-refractivity contribution in [2.24, 2.45) is 5.73 Å². The van der Waals surface area contributed by atoms with Crippen molar-refractivity contribution >= 4 is 22.9 Å². The molecule has 4 nitrogen and oxygen atoms in total. The Labute approximate surface area is 148 Å². The lowest BCUT2D eigenvalue weighted by Crippen LogP contribution is -2.13. The van der Waals surface area contributed by atoms with E-state index in [1.165, 1.54) is 35.4 Å². The lowest BCUT2D eigenvalue weighted by atomic mass is 10.1. The molecule has 0 spiro atoms. The van der Waals surface area contributed by atoms with Crippen molar-refractivity contribution in [2.45, 2.75) is 44.9 Å². The molecule has 4 rings (SSSR count). The van der Waals surface area contributed by atoms with Crippen molar-refractivity contribution in [3.05, 3.63) is 58.9 Å². The number of aryl methyl sites for hydroxylation is 1. The highest BCUT2D eigenvalue weighted by atomic mass is 16.1. The summed E-state index contributed by atoms with van der Waals surface area (Å²) >= 11 is 0. The molecule has 1 aromatic carbocycles. The Balaban J connectivity index is 1.62. The molecule has 0 saturated heterocycles. The van der Waals surface area contributed by atoms with E-state index in [0.717, 1.165) is 42.6 Å². The number of nitrogens with one attached hydrogen (secondary N) is 1. The molecular weight excluding hydrogens is 310 g/mol. The highest BCUT2D eigenvalue weighted by Crippen LogP contribution is 2.35. The smallest absolute Gasteiger partial charge is 0.221 e. The lowest BCUT2D eigenvalue weighted by molar-refractivity contribution is -0.117. The zero-order valence-corrected chi connectivity index (χ0v) is 14.3. The Morgan fingerprint density at radius 2 is 1.96 bits per heavy atom. The van der Waals surface area contributed by atoms with Crippen LogP contribution in [0.15, 0.2) is 36.4 Å². The zero-order chi connectivity index (χ0) is 17.2. The summed E-state index contributed by atoms with van der Waals surface area (Å²) in [5.41, 5.74) is 13.5. The third-order valence-electron chi connectivity index (χ3n) is 5.03. The molecule has 0 radical (unpaired) electrons. The maximum absolute atomic E-state index is 11.0. The molecule has 0 aliphatic heterocycles. The summed E-state index contributed by atoms with van der Waals surface area (Å²) in [6.45, 7) is 0. The van der Waals surface area contributed by atoms with Crippen molar-refractivity contribution in [1.82, 2.24) is 4.98 Å². The molecule has 1 amide bonds. The summed E-state index contributed by atoms with van der Waals surface area (Å²) in [7, 11) is 0. The van der Waals surface area contributed by atoms with Crippen LogP contribution in [0.5, 0.6) is 0 Å². The number of amides is 1. The van der Waals surface area contributed by atoms with Crippen LogP contribution in [0.1, 0.15) is 48.2 Å². The maximum Gasteiger partial charge on any atom is 0.221 e. The van der Waals surface area contributed by atoms with Gasteiger partial charge < -0.3 is 11.1 Å². The Bertz CT molecular complexity index is 837. The summed E-state index contributed by atoms with van der Waals surface area (Å²) in [5.74, 6) is -0.304. The van der Waals surface area contributed by atoms with Gasteiger partial charge in [-0.25, -0.2) is 0 Å². The predicted molar refractivity (Wildman–Crippen MR) is 101 cm³/mol. The Morgan fingerprint density at radius 3 is 2.68 bits per heavy atom. The Hall–Kier alpha value is -2.62. The fourth-order valence-corrected chi connectivity index (χ4v) is 3.78. The molecule has 0 saturated carbocycles. The molecule has 0 atom stereocenters. The summed E-state index contributed by atoms with van der Waals surface area (Å²) in [5, 5.41) is 3.57. The van der Waals surface area contributed by atoms with Gasteiger partial charge in [-0.2, -0.15) is 0 Å². The predicted octanol–water partition coefficient (Wildman–Crippen LogP) is 3.91. The zero-order valence-electron chi connectivity index (χ0n) is 14.3. The summed E-state index contributed by atoms with van der Waals surface area (Å²) in [6.07, 6.45) is 9.47. The average Bonchev–Trinajstić information content (AvgIpc) is 3.27. The van der Waals surface area contributed by atoms with Gasteiger partial charge in [-0.05, 0) is 73.4 Å². The number of allylic oxidation sites excluding steroid dienone is 2. The first-order chi connectivity index (χ1) is 12.2. The van der Waals surface area contributed by atoms with E-state index >= 15 is 0 Å². The quantitative estimate of drug-likeness (QED) is 0.872. The Morgan fingerprint density at radius 1 is 1.12 bits per heavy atom. The first-order valence-corrected chi connectivity index (χ1v) is 9.05. The number of carbonyl (C=O) groups excluding carboxylic acids is 1. The van der Waals surface area contributed by atoms with Crippen LogP contribution in [-0.4, -0.2) is 10.9 Å². The number of anilines is 2. The fraction of sp³-hybridized carbons (Fsp3) is 0.333. The number of carbonyl (C=O) groups is 1. The van der Waals surface area contributed by atoms with Crippen LogP contribution in [0, 0.1) is 0 Å². The molecule has 25 heavy (non-hydrogen) atoms. The molecule has 1 aromatic heterocycles. The van der Waals surface area contributed by atoms with Crippen molar-refractivity contribution in [3.63, 3.8) is 0 Å². The van der Waals surface area contributed by atoms with Gasteiger partial charge in [0, 0.05) is 17.1 Å². The van der Waals surface area contributed by atoms with Gasteiger partial charge in [0.1, 0.15) is 0 Å². The monoisotopic (exact) mass is 333 g/mol. The number of aromatic nitrogens is 1. The molecule has 0 bridgehead atoms. The van der Waals surface area contributed by atoms with Crippen molar-refractivity contribution in [3.8, 4) is 0 Å². The summed E-state index contributed by atoms with van der Waals surface area (Å²) in [6, 6.07) is 10.1. The number of hydrogen-bond acceptors (Lipinski definition) is 3. The van der Waals surface area contributed by atoms with Gasteiger partial charge in [0.15, 0.2) is 0 Å². The number of nitrogens with two attached hydrogens (primary N) is 1. The first kappa shape index (κ1) is 15.9. The molecule has 128 valence electrons. The number of rotatable bonds is 5. The standard InChI is InChI=1S/C21H23N3O/c22-21(25)12-14-8-10-16(11-9-14)23-20-13-19(15-4-1-2-5-15)24-18-7-3-6-17(18)20/h4,8-11,13H,1-3,5-7,12H2,(H2,22,25)(H,23,24). The van der Waals surface area contributed by atoms with Crippen LogP contribution >= 0.6 is 0 Å². The van der Waals surface area contributed by atoms with Crippen molar-refractivity contribution < 1.29 is 4.79 Å². The normalized spacial score (nSPS) is 15.8. The van der Waals surface area contributed by atoms with Gasteiger partial charge in [0.25, 0.3) is 0 Å². The topological polar surface area (TPSA) is 68.0 Å². The average molecular weight is 333 g/mol. The van der Waals surface area contributed by atoms with Crippen molar-refractivity contribution in [1.29, 1.82) is 0 Å². The second kappa shape index (κ2) is 6.71. The van der Waals surface area contributed by atoms with E-state index in [2.05, 4.69) is 17.5 Å². The van der Waals surface area contributed by atoms with E-state index in [4.69, 9.17) is 10.7 Å². The number of primary amides is 1. The largest absolute Gasteiger partial charge is 0.369 e. The van der Waals surface area contributed by atoms with Crippen LogP contribution in [0.3, 0.4) is 0 Å². The van der Waals surface area contributed by atoms with E-state index in [1.807, 2.05) is 24.3 Å². The van der Waals surface area contributed by atoms with E-state index in [0.29, 0.717) is 0 Å². The second-order valence-corrected chi connectivity index (χ2v) is 6.92. The number of benzene rings is 1. The molecular formula is C21H23N3O. The minimum Gasteiger partial charge on any atom is -0.369 e. The van der Waals surface area contributed by atoms with Gasteiger partial charge in [0.2, 0.25) is 5.91 Å². The summed E-state index contributed by atoms with van der Waals surface area (Å²) < 4.78 is 0. The van der Waals surface area contributed by atoms with Gasteiger partial charge in [-0.3, -0.25) is 9.78 Å². The number of fused-ring (bicyclic) bond motifs is 1. The number of nitrogens with zero attached hydrogens (tertiary/aromatic N) is 1. The molecule has 2 aliphatic carbocycles. The third kappa shape index (κ3) is 3.43. The van der Waals surface area contributed by atoms with E-state index in [-0.39, 0.29) is 12.3 Å². The van der Waals surface area contributed by atoms with Crippen molar-refractivity contribution in [2.75, 3.05) is 5.32 Å². The first-order valence-electron chi connectivity index (χ1n) is 9.05. The second-order valence-electron chi connectivity index (χ2n) is 6.92. The maximum atomic E-state index is 11.0. The molecule has 1 heterocycles. The molecule has 2 aromatic rings. The van der Waals surface area contributed by atoms with Gasteiger partial charge in [-0.15, -0.1) is 0 Å². The molecule has 0 unspecified atom stereocenters. The SMILES string of the molecule is NC(=O)Cc1ccc(Nc2cc(C3=CCCC3)nc3c2CCC3)cc1. The van der Waals surface area contributed by atoms with Crippen LogP contribution < -0.4 is 11.1 Å². The van der Waals surface area contributed by atoms with Crippen LogP contribution in [0.2, 0.25) is 0 Å². The molecule has 4 heteroatoms. The summed E-state index contributed by atoms with van der Waals surface area (Å²) in [4.78, 5) is 16.0. The Kier molecular flexibility index (Phi) is 4.26. The minimum absolute atomic E-state index is 0.281. The van der Waals surface area contributed by atoms with Crippen LogP contribution in [0.25, 0.3) is 5.57 Å². The van der Waals surface area contributed by atoms with E-state index in [1.54, 1.807) is 0 Å². The van der Waals surface area contributed by atoms with Crippen LogP contribution in [-0.2, 0) is 24.1 Å². The number of pyridine rings is 1. The van der Waals surface area contributed by atoms with Gasteiger partial charge >= 0.3 is 0 Å². The van der Waals surface area contributed by atoms with Gasteiger partial charge in [0.05, 0.1) is 12.1 Å². The van der Waals surface area contributed by atoms with E-state index < -0.39 is 0 Å². The highest BCUT2D eigenvalue weighted by Gasteiger charge is 2.20. The fourth-order valence-electron chi connectivity index (χ4n) is 3.78. The molecule has 0 fully saturated rings. The molecule has 3 N–H and O–H groups in total. The minimum atomic E-state index is -0.304. The highest BCUT2D eigenvalue weighted by molar-refractivity contribution is 5.77. The van der Waals surface area contributed by atoms with Crippen LogP contribution in [0.4, 0.5) is 11.4 Å². The third-order valence-corrected chi connectivity index (χ3v) is 5.03. The lowest BCUT2D eigenvalue weighted by Gasteiger charge is -2.14. The van der Waals surface area contributed by atoms with E-state index in [9.17, 15) is 4.79 Å². The number of hydrogen-bond donors (Lipinski definition) is 2.